The second-order valence-corrected chi connectivity index (χ2v) is 11.7. The summed E-state index contributed by atoms with van der Waals surface area (Å²) in [7, 11) is -1.21. The molecule has 0 bridgehead atoms. The van der Waals surface area contributed by atoms with Crippen LogP contribution < -0.4 is 9.47 Å². The number of Topliss-reactive ketones (excluding diaryl/α,β-unsaturated/α-hetero) is 1. The number of carbonyl (C=O) groups excluding carboxylic acids is 1. The van der Waals surface area contributed by atoms with Crippen LogP contribution in [0.25, 0.3) is 11.1 Å². The number of hydrogen-bond acceptors (Lipinski definition) is 4. The molecule has 1 heterocycles. The summed E-state index contributed by atoms with van der Waals surface area (Å²) in [5.41, 5.74) is 3.70. The molecule has 0 spiro atoms. The third-order valence-electron chi connectivity index (χ3n) is 7.10. The Balaban J connectivity index is 0.00000320. The molecule has 1 aliphatic carbocycles. The minimum absolute atomic E-state index is 0. The van der Waals surface area contributed by atoms with Crippen molar-refractivity contribution in [2.45, 2.75) is 69.4 Å². The largest absolute Gasteiger partial charge is 0.454 e. The van der Waals surface area contributed by atoms with Gasteiger partial charge in [0.2, 0.25) is 6.79 Å². The first-order valence-electron chi connectivity index (χ1n) is 12.6. The van der Waals surface area contributed by atoms with E-state index >= 15 is 0 Å². The number of fused-ring (bicyclic) bond motifs is 1. The van der Waals surface area contributed by atoms with Gasteiger partial charge in [-0.05, 0) is 87.1 Å². The highest BCUT2D eigenvalue weighted by Gasteiger charge is 2.50. The van der Waals surface area contributed by atoms with Gasteiger partial charge in [-0.2, -0.15) is 0 Å². The molecule has 1 saturated carbocycles. The van der Waals surface area contributed by atoms with Gasteiger partial charge in [-0.1, -0.05) is 42.5 Å². The normalized spacial score (nSPS) is 16.1. The number of rotatable bonds is 9. The lowest BCUT2D eigenvalue weighted by molar-refractivity contribution is -0.120. The maximum absolute atomic E-state index is 13.4. The lowest BCUT2D eigenvalue weighted by Gasteiger charge is -2.28. The Morgan fingerprint density at radius 3 is 2.22 bits per heavy atom. The predicted molar refractivity (Wildman–Crippen MR) is 146 cm³/mol. The molecule has 3 aromatic rings. The Bertz CT molecular complexity index is 1290. The topological polar surface area (TPSA) is 87.3 Å². The maximum Gasteiger partial charge on any atom is 0.231 e. The monoisotopic (exact) mass is 521 g/mol. The van der Waals surface area contributed by atoms with E-state index in [1.54, 1.807) is 0 Å². The predicted octanol–water partition coefficient (Wildman–Crippen LogP) is 5.24. The highest BCUT2D eigenvalue weighted by molar-refractivity contribution is 7.82. The average Bonchev–Trinajstić information content (AvgIpc) is 3.54. The molecule has 1 atom stereocenters. The zero-order chi connectivity index (χ0) is 25.4. The van der Waals surface area contributed by atoms with Crippen LogP contribution in [0, 0.1) is 0 Å². The summed E-state index contributed by atoms with van der Waals surface area (Å²) in [6, 6.07) is 22.3. The lowest BCUT2D eigenvalue weighted by atomic mass is 9.87. The third-order valence-corrected chi connectivity index (χ3v) is 9.00. The quantitative estimate of drug-likeness (QED) is 0.385. The first-order chi connectivity index (χ1) is 17.3. The van der Waals surface area contributed by atoms with E-state index in [9.17, 15) is 9.00 Å². The van der Waals surface area contributed by atoms with Gasteiger partial charge in [-0.15, -0.1) is 0 Å². The van der Waals surface area contributed by atoms with Crippen molar-refractivity contribution in [1.29, 1.82) is 0 Å². The fourth-order valence-corrected chi connectivity index (χ4v) is 6.51. The van der Waals surface area contributed by atoms with E-state index in [0.29, 0.717) is 6.42 Å². The average molecular weight is 522 g/mol. The molecule has 1 unspecified atom stereocenters. The van der Waals surface area contributed by atoms with Gasteiger partial charge in [-0.3, -0.25) is 4.79 Å². The van der Waals surface area contributed by atoms with E-state index in [-0.39, 0.29) is 30.1 Å². The molecule has 5 rings (SSSR count). The molecular formula is C30H35NO5S. The molecule has 2 N–H and O–H groups in total. The zero-order valence-electron chi connectivity index (χ0n) is 21.8. The Hall–Kier alpha value is -3.00. The highest BCUT2D eigenvalue weighted by atomic mass is 32.2. The Morgan fingerprint density at radius 1 is 0.892 bits per heavy atom. The molecule has 196 valence electrons. The fourth-order valence-electron chi connectivity index (χ4n) is 5.13. The molecule has 1 fully saturated rings. The van der Waals surface area contributed by atoms with E-state index in [0.717, 1.165) is 51.5 Å². The molecule has 1 aliphatic heterocycles. The van der Waals surface area contributed by atoms with Crippen molar-refractivity contribution in [3.8, 4) is 22.6 Å². The maximum atomic E-state index is 13.4. The van der Waals surface area contributed by atoms with Gasteiger partial charge >= 0.3 is 0 Å². The summed E-state index contributed by atoms with van der Waals surface area (Å²) in [5, 5.41) is 0. The Morgan fingerprint density at radius 2 is 1.57 bits per heavy atom. The molecule has 37 heavy (non-hydrogen) atoms. The summed E-state index contributed by atoms with van der Waals surface area (Å²) < 4.78 is 26.1. The summed E-state index contributed by atoms with van der Waals surface area (Å²) in [6.45, 7) is 8.50. The number of ether oxygens (including phenoxy) is 2. The van der Waals surface area contributed by atoms with Crippen LogP contribution in [-0.2, 0) is 27.6 Å². The number of ketones is 1. The van der Waals surface area contributed by atoms with Crippen LogP contribution >= 0.6 is 0 Å². The van der Waals surface area contributed by atoms with Crippen molar-refractivity contribution < 1.29 is 24.0 Å². The van der Waals surface area contributed by atoms with Gasteiger partial charge in [0.05, 0.1) is 10.3 Å². The summed E-state index contributed by atoms with van der Waals surface area (Å²) in [6.07, 6.45) is 2.13. The molecule has 3 aromatic carbocycles. The van der Waals surface area contributed by atoms with Crippen molar-refractivity contribution in [3.05, 3.63) is 77.9 Å². The van der Waals surface area contributed by atoms with Crippen LogP contribution in [0.2, 0.25) is 0 Å². The van der Waals surface area contributed by atoms with Gasteiger partial charge in [-0.25, -0.2) is 8.51 Å². The van der Waals surface area contributed by atoms with E-state index < -0.39 is 16.4 Å². The first kappa shape index (κ1) is 27.0. The standard InChI is InChI=1S/C30H33NO4S.H2O/c1-20(2)31(21(3)4)36(33)26-11-8-23(9-12-26)24-7-5-6-22(16-24)17-29(32)30(14-15-30)25-10-13-27-28(18-25)35-19-34-27;/h5-13,16,18,20-21H,14-15,17,19H2,1-4H3;1H2. The smallest absolute Gasteiger partial charge is 0.231 e. The van der Waals surface area contributed by atoms with Gasteiger partial charge in [0, 0.05) is 18.5 Å². The van der Waals surface area contributed by atoms with Crippen LogP contribution in [0.1, 0.15) is 51.7 Å². The van der Waals surface area contributed by atoms with Gasteiger partial charge in [0.25, 0.3) is 0 Å². The van der Waals surface area contributed by atoms with Gasteiger partial charge in [0.1, 0.15) is 16.8 Å². The van der Waals surface area contributed by atoms with Crippen LogP contribution in [0.4, 0.5) is 0 Å². The van der Waals surface area contributed by atoms with Crippen molar-refractivity contribution >= 4 is 16.8 Å². The number of carbonyl (C=O) groups is 1. The Labute approximate surface area is 221 Å². The second kappa shape index (κ2) is 10.8. The number of benzene rings is 3. The Kier molecular flexibility index (Phi) is 7.88. The van der Waals surface area contributed by atoms with Crippen molar-refractivity contribution in [3.63, 3.8) is 0 Å². The van der Waals surface area contributed by atoms with E-state index in [2.05, 4.69) is 39.8 Å². The number of nitrogens with zero attached hydrogens (tertiary/aromatic N) is 1. The highest BCUT2D eigenvalue weighted by Crippen LogP contribution is 2.51. The van der Waals surface area contributed by atoms with Crippen LogP contribution in [0.15, 0.2) is 71.6 Å². The van der Waals surface area contributed by atoms with E-state index in [4.69, 9.17) is 9.47 Å². The third kappa shape index (κ3) is 5.35. The van der Waals surface area contributed by atoms with Crippen molar-refractivity contribution in [1.82, 2.24) is 4.31 Å². The number of hydrogen-bond donors (Lipinski definition) is 0. The summed E-state index contributed by atoms with van der Waals surface area (Å²) >= 11 is 0. The molecule has 0 aromatic heterocycles. The second-order valence-electron chi connectivity index (χ2n) is 10.3. The summed E-state index contributed by atoms with van der Waals surface area (Å²) in [4.78, 5) is 14.2. The van der Waals surface area contributed by atoms with Crippen molar-refractivity contribution in [2.75, 3.05) is 6.79 Å². The molecule has 0 radical (unpaired) electrons. The van der Waals surface area contributed by atoms with E-state index in [1.165, 1.54) is 0 Å². The van der Waals surface area contributed by atoms with Crippen LogP contribution in [-0.4, -0.2) is 38.7 Å². The lowest BCUT2D eigenvalue weighted by Crippen LogP contribution is -2.38. The van der Waals surface area contributed by atoms with Crippen LogP contribution in [0.5, 0.6) is 11.5 Å². The van der Waals surface area contributed by atoms with Crippen LogP contribution in [0.3, 0.4) is 0 Å². The molecule has 7 heteroatoms. The SMILES string of the molecule is CC(C)N(C(C)C)S(=O)c1ccc(-c2cccc(CC(=O)C3(c4ccc5c(c4)OCO5)CC3)c2)cc1.O. The minimum Gasteiger partial charge on any atom is -0.454 e. The molecule has 2 aliphatic rings. The molecule has 0 amide bonds. The fraction of sp³-hybridized carbons (Fsp3) is 0.367. The van der Waals surface area contributed by atoms with Crippen molar-refractivity contribution in [2.24, 2.45) is 0 Å². The van der Waals surface area contributed by atoms with Gasteiger partial charge < -0.3 is 14.9 Å². The summed E-state index contributed by atoms with van der Waals surface area (Å²) in [5.74, 6) is 1.71. The van der Waals surface area contributed by atoms with E-state index in [1.807, 2.05) is 58.9 Å². The first-order valence-corrected chi connectivity index (χ1v) is 13.7. The molecular weight excluding hydrogens is 486 g/mol. The minimum atomic E-state index is -1.21. The molecule has 6 nitrogen and oxygen atoms in total. The van der Waals surface area contributed by atoms with Gasteiger partial charge in [0.15, 0.2) is 11.5 Å². The molecule has 0 saturated heterocycles. The zero-order valence-corrected chi connectivity index (χ0v) is 22.6.